The predicted molar refractivity (Wildman–Crippen MR) is 286 cm³/mol. The highest BCUT2D eigenvalue weighted by Crippen LogP contribution is 2.66. The molecule has 3 aliphatic rings. The lowest BCUT2D eigenvalue weighted by Gasteiger charge is -2.31. The largest absolute Gasteiger partial charge is 0.449 e. The van der Waals surface area contributed by atoms with Gasteiger partial charge in [-0.05, 0) is 132 Å². The third-order valence-corrected chi connectivity index (χ3v) is 14.5. The summed E-state index contributed by atoms with van der Waals surface area (Å²) in [5.74, 6) is 2.81. The number of para-hydroxylation sites is 1. The molecule has 0 saturated heterocycles. The van der Waals surface area contributed by atoms with Gasteiger partial charge in [0.25, 0.3) is 0 Å². The number of hydrogen-bond donors (Lipinski definition) is 0. The van der Waals surface area contributed by atoms with Crippen LogP contribution >= 0.6 is 0 Å². The summed E-state index contributed by atoms with van der Waals surface area (Å²) in [4.78, 5) is 2.41. The second-order valence-corrected chi connectivity index (χ2v) is 18.3. The van der Waals surface area contributed by atoms with Crippen LogP contribution in [0.15, 0.2) is 261 Å². The van der Waals surface area contributed by atoms with E-state index in [1.54, 1.807) is 0 Å². The van der Waals surface area contributed by atoms with Gasteiger partial charge >= 0.3 is 0 Å². The molecule has 11 aromatic rings. The SMILES string of the molecule is c1ccc(-c2cccc(N(c3cc(-c4ccccc4)cc(-c4ccccc4)c3)c3ccccc3-c3ccc4c(c3)Oc3c(ccc5c3-c3ccccc3C53c5ccccc5-c5ccccc53)O4)c2)cc1. The smallest absolute Gasteiger partial charge is 0.178 e. The van der Waals surface area contributed by atoms with Crippen LogP contribution in [0.4, 0.5) is 17.1 Å². The summed E-state index contributed by atoms with van der Waals surface area (Å²) in [5.41, 5.74) is 21.4. The van der Waals surface area contributed by atoms with Gasteiger partial charge in [0.05, 0.1) is 11.1 Å². The van der Waals surface area contributed by atoms with Gasteiger partial charge in [-0.1, -0.05) is 206 Å². The fraction of sp³-hybridized carbons (Fsp3) is 0.0149. The molecule has 0 atom stereocenters. The summed E-state index contributed by atoms with van der Waals surface area (Å²) >= 11 is 0. The number of fused-ring (bicyclic) bond motifs is 13. The molecule has 3 nitrogen and oxygen atoms in total. The lowest BCUT2D eigenvalue weighted by Crippen LogP contribution is -2.25. The van der Waals surface area contributed by atoms with Crippen LogP contribution in [-0.2, 0) is 5.41 Å². The van der Waals surface area contributed by atoms with Crippen LogP contribution in [0.2, 0.25) is 0 Å². The van der Waals surface area contributed by atoms with E-state index < -0.39 is 5.41 Å². The van der Waals surface area contributed by atoms with E-state index in [9.17, 15) is 0 Å². The molecule has 0 fully saturated rings. The molecule has 11 aromatic carbocycles. The van der Waals surface area contributed by atoms with Gasteiger partial charge in [-0.2, -0.15) is 0 Å². The van der Waals surface area contributed by atoms with Crippen molar-refractivity contribution in [2.45, 2.75) is 5.41 Å². The molecule has 1 heterocycles. The number of benzene rings is 11. The molecule has 2 aliphatic carbocycles. The Hall–Kier alpha value is -9.18. The fourth-order valence-electron chi connectivity index (χ4n) is 11.5. The van der Waals surface area contributed by atoms with E-state index in [1.807, 2.05) is 0 Å². The average Bonchev–Trinajstić information content (AvgIpc) is 3.91. The summed E-state index contributed by atoms with van der Waals surface area (Å²) in [6, 6.07) is 93.9. The van der Waals surface area contributed by atoms with Crippen molar-refractivity contribution in [3.8, 4) is 89.8 Å². The number of ether oxygens (including phenoxy) is 2. The maximum atomic E-state index is 7.24. The maximum absolute atomic E-state index is 7.24. The van der Waals surface area contributed by atoms with E-state index in [2.05, 4.69) is 266 Å². The molecule has 0 amide bonds. The molecule has 328 valence electrons. The molecular formula is C67H43NO2. The van der Waals surface area contributed by atoms with Crippen molar-refractivity contribution in [3.63, 3.8) is 0 Å². The van der Waals surface area contributed by atoms with E-state index in [0.717, 1.165) is 78.4 Å². The minimum absolute atomic E-state index is 0.488. The highest BCUT2D eigenvalue weighted by Gasteiger charge is 2.53. The summed E-state index contributed by atoms with van der Waals surface area (Å²) in [6.07, 6.45) is 0. The van der Waals surface area contributed by atoms with Gasteiger partial charge in [-0.15, -0.1) is 0 Å². The second kappa shape index (κ2) is 16.0. The van der Waals surface area contributed by atoms with Crippen molar-refractivity contribution in [2.75, 3.05) is 4.90 Å². The van der Waals surface area contributed by atoms with Crippen molar-refractivity contribution in [2.24, 2.45) is 0 Å². The number of nitrogens with zero attached hydrogens (tertiary/aromatic N) is 1. The van der Waals surface area contributed by atoms with Gasteiger partial charge in [-0.25, -0.2) is 0 Å². The Kier molecular flexibility index (Phi) is 9.11. The minimum atomic E-state index is -0.488. The van der Waals surface area contributed by atoms with Crippen LogP contribution < -0.4 is 14.4 Å². The Bertz CT molecular complexity index is 3740. The van der Waals surface area contributed by atoms with E-state index in [1.165, 1.54) is 33.4 Å². The van der Waals surface area contributed by atoms with Crippen LogP contribution in [0.5, 0.6) is 23.0 Å². The molecule has 1 spiro atoms. The highest BCUT2D eigenvalue weighted by atomic mass is 16.6. The van der Waals surface area contributed by atoms with Crippen LogP contribution in [-0.4, -0.2) is 0 Å². The first-order chi connectivity index (χ1) is 34.7. The standard InChI is InChI=1S/C67H43NO2/c1-4-19-44(20-5-1)47-25-18-26-51(40-47)68(52-41-49(45-21-6-2-7-22-45)39-50(42-52)46-23-8-3-9-24-46)61-34-17-13-27-53(61)48-35-37-62-64(43-48)70-66-63(69-62)38-36-60-65(66)56-30-12-16-33-59(56)67(60)57-31-14-10-28-54(57)55-29-11-15-32-58(55)67/h1-43H. The van der Waals surface area contributed by atoms with Crippen LogP contribution in [0.1, 0.15) is 22.3 Å². The summed E-state index contributed by atoms with van der Waals surface area (Å²) in [5, 5.41) is 0. The molecule has 70 heavy (non-hydrogen) atoms. The third-order valence-electron chi connectivity index (χ3n) is 14.5. The second-order valence-electron chi connectivity index (χ2n) is 18.3. The molecule has 1 aliphatic heterocycles. The zero-order valence-corrected chi connectivity index (χ0v) is 38.1. The lowest BCUT2D eigenvalue weighted by molar-refractivity contribution is 0.360. The van der Waals surface area contributed by atoms with Gasteiger partial charge in [0.15, 0.2) is 23.0 Å². The molecule has 0 radical (unpaired) electrons. The zero-order valence-electron chi connectivity index (χ0n) is 38.1. The average molecular weight is 894 g/mol. The quantitative estimate of drug-likeness (QED) is 0.159. The molecule has 14 rings (SSSR count). The molecular weight excluding hydrogens is 851 g/mol. The Morgan fingerprint density at radius 3 is 1.41 bits per heavy atom. The predicted octanol–water partition coefficient (Wildman–Crippen LogP) is 18.1. The van der Waals surface area contributed by atoms with Gasteiger partial charge < -0.3 is 14.4 Å². The van der Waals surface area contributed by atoms with E-state index in [-0.39, 0.29) is 0 Å². The number of rotatable bonds is 7. The van der Waals surface area contributed by atoms with Crippen molar-refractivity contribution in [1.29, 1.82) is 0 Å². The molecule has 0 N–H and O–H groups in total. The lowest BCUT2D eigenvalue weighted by atomic mass is 9.70. The number of anilines is 3. The Balaban J connectivity index is 0.933. The monoisotopic (exact) mass is 893 g/mol. The number of hydrogen-bond acceptors (Lipinski definition) is 3. The topological polar surface area (TPSA) is 21.7 Å². The van der Waals surface area contributed by atoms with Crippen molar-refractivity contribution < 1.29 is 9.47 Å². The fourth-order valence-corrected chi connectivity index (χ4v) is 11.5. The first-order valence-electron chi connectivity index (χ1n) is 24.0. The molecule has 0 unspecified atom stereocenters. The van der Waals surface area contributed by atoms with E-state index >= 15 is 0 Å². The van der Waals surface area contributed by atoms with E-state index in [0.29, 0.717) is 17.2 Å². The van der Waals surface area contributed by atoms with Gasteiger partial charge in [0, 0.05) is 22.5 Å². The van der Waals surface area contributed by atoms with Crippen molar-refractivity contribution >= 4 is 17.1 Å². The summed E-state index contributed by atoms with van der Waals surface area (Å²) in [6.45, 7) is 0. The van der Waals surface area contributed by atoms with Gasteiger partial charge in [0.2, 0.25) is 0 Å². The molecule has 0 saturated carbocycles. The highest BCUT2D eigenvalue weighted by molar-refractivity contribution is 5.98. The third kappa shape index (κ3) is 6.15. The van der Waals surface area contributed by atoms with Crippen LogP contribution in [0.25, 0.3) is 66.8 Å². The normalized spacial score (nSPS) is 12.9. The zero-order chi connectivity index (χ0) is 46.2. The molecule has 0 bridgehead atoms. The molecule has 0 aromatic heterocycles. The van der Waals surface area contributed by atoms with Crippen LogP contribution in [0, 0.1) is 0 Å². The Labute approximate surface area is 407 Å². The van der Waals surface area contributed by atoms with E-state index in [4.69, 9.17) is 9.47 Å². The summed E-state index contributed by atoms with van der Waals surface area (Å²) in [7, 11) is 0. The maximum Gasteiger partial charge on any atom is 0.178 e. The first kappa shape index (κ1) is 39.9. The minimum Gasteiger partial charge on any atom is -0.449 e. The Morgan fingerprint density at radius 2 is 0.771 bits per heavy atom. The van der Waals surface area contributed by atoms with Gasteiger partial charge in [-0.3, -0.25) is 0 Å². The van der Waals surface area contributed by atoms with Gasteiger partial charge in [0.1, 0.15) is 0 Å². The van der Waals surface area contributed by atoms with Crippen LogP contribution in [0.3, 0.4) is 0 Å². The molecule has 3 heteroatoms. The van der Waals surface area contributed by atoms with Crippen molar-refractivity contribution in [3.05, 3.63) is 283 Å². The first-order valence-corrected chi connectivity index (χ1v) is 24.0. The van der Waals surface area contributed by atoms with Crippen molar-refractivity contribution in [1.82, 2.24) is 0 Å². The Morgan fingerprint density at radius 1 is 0.271 bits per heavy atom. The summed E-state index contributed by atoms with van der Waals surface area (Å²) < 4.78 is 14.1.